The quantitative estimate of drug-likeness (QED) is 0.706. The molecule has 74 valence electrons. The molecule has 2 aromatic heterocycles. The van der Waals surface area contributed by atoms with Crippen LogP contribution in [0.4, 0.5) is 0 Å². The minimum absolute atomic E-state index is 0.396. The van der Waals surface area contributed by atoms with E-state index >= 15 is 0 Å². The van der Waals surface area contributed by atoms with Crippen LogP contribution in [0.25, 0.3) is 0 Å². The fourth-order valence-electron chi connectivity index (χ4n) is 1.22. The fourth-order valence-corrected chi connectivity index (χ4v) is 1.34. The summed E-state index contributed by atoms with van der Waals surface area (Å²) >= 11 is 5.62. The molecule has 14 heavy (non-hydrogen) atoms. The van der Waals surface area contributed by atoms with Crippen LogP contribution >= 0.6 is 11.6 Å². The van der Waals surface area contributed by atoms with Gasteiger partial charge in [0, 0.05) is 18.8 Å². The van der Waals surface area contributed by atoms with Crippen molar-refractivity contribution in [1.29, 1.82) is 0 Å². The first kappa shape index (κ1) is 9.21. The summed E-state index contributed by atoms with van der Waals surface area (Å²) in [4.78, 5) is 0. The number of rotatable bonds is 3. The van der Waals surface area contributed by atoms with E-state index in [4.69, 9.17) is 11.6 Å². The zero-order chi connectivity index (χ0) is 9.97. The summed E-state index contributed by atoms with van der Waals surface area (Å²) in [5.41, 5.74) is 1.88. The van der Waals surface area contributed by atoms with Gasteiger partial charge in [-0.3, -0.25) is 4.68 Å². The molecule has 0 aliphatic carbocycles. The molecule has 6 heteroatoms. The molecule has 0 saturated carbocycles. The zero-order valence-corrected chi connectivity index (χ0v) is 8.52. The van der Waals surface area contributed by atoms with Crippen LogP contribution in [-0.2, 0) is 19.5 Å². The third kappa shape index (κ3) is 1.93. The molecule has 2 rings (SSSR count). The molecule has 0 spiro atoms. The monoisotopic (exact) mass is 211 g/mol. The Bertz CT molecular complexity index is 419. The van der Waals surface area contributed by atoms with Crippen molar-refractivity contribution >= 4 is 11.6 Å². The van der Waals surface area contributed by atoms with E-state index in [2.05, 4.69) is 15.4 Å². The van der Waals surface area contributed by atoms with Gasteiger partial charge in [-0.1, -0.05) is 5.21 Å². The maximum atomic E-state index is 5.62. The molecule has 0 unspecified atom stereocenters. The van der Waals surface area contributed by atoms with E-state index < -0.39 is 0 Å². The number of halogens is 1. The van der Waals surface area contributed by atoms with Crippen LogP contribution in [0, 0.1) is 0 Å². The summed E-state index contributed by atoms with van der Waals surface area (Å²) < 4.78 is 3.50. The van der Waals surface area contributed by atoms with Crippen LogP contribution in [0.1, 0.15) is 11.3 Å². The van der Waals surface area contributed by atoms with Gasteiger partial charge in [0.15, 0.2) is 0 Å². The molecular weight excluding hydrogens is 202 g/mol. The molecule has 0 saturated heterocycles. The van der Waals surface area contributed by atoms with Crippen molar-refractivity contribution in [2.24, 2.45) is 7.05 Å². The highest BCUT2D eigenvalue weighted by molar-refractivity contribution is 6.16. The summed E-state index contributed by atoms with van der Waals surface area (Å²) in [6.45, 7) is 0.678. The number of hydrogen-bond acceptors (Lipinski definition) is 3. The zero-order valence-electron chi connectivity index (χ0n) is 7.76. The van der Waals surface area contributed by atoms with E-state index in [0.29, 0.717) is 12.4 Å². The molecule has 0 N–H and O–H groups in total. The van der Waals surface area contributed by atoms with Crippen molar-refractivity contribution in [2.45, 2.75) is 12.4 Å². The van der Waals surface area contributed by atoms with E-state index in [1.807, 2.05) is 25.6 Å². The lowest BCUT2D eigenvalue weighted by Gasteiger charge is -1.94. The van der Waals surface area contributed by atoms with E-state index in [0.717, 1.165) is 11.3 Å². The van der Waals surface area contributed by atoms with Crippen molar-refractivity contribution < 1.29 is 0 Å². The topological polar surface area (TPSA) is 48.5 Å². The van der Waals surface area contributed by atoms with E-state index in [1.165, 1.54) is 0 Å². The molecule has 0 fully saturated rings. The second-order valence-electron chi connectivity index (χ2n) is 3.06. The van der Waals surface area contributed by atoms with Gasteiger partial charge in [-0.25, -0.2) is 4.68 Å². The standard InChI is InChI=1S/C8H10ClN5/c1-13-4-7(3-10-13)5-14-6-8(2-9)11-12-14/h3-4,6H,2,5H2,1H3. The van der Waals surface area contributed by atoms with Gasteiger partial charge in [0.05, 0.1) is 30.5 Å². The predicted octanol–water partition coefficient (Wildman–Crippen LogP) is 0.799. The first-order valence-electron chi connectivity index (χ1n) is 4.20. The van der Waals surface area contributed by atoms with Crippen molar-refractivity contribution in [2.75, 3.05) is 0 Å². The van der Waals surface area contributed by atoms with Gasteiger partial charge in [0.1, 0.15) is 0 Å². The van der Waals surface area contributed by atoms with Gasteiger partial charge >= 0.3 is 0 Å². The van der Waals surface area contributed by atoms with Gasteiger partial charge < -0.3 is 0 Å². The van der Waals surface area contributed by atoms with Crippen LogP contribution in [0.3, 0.4) is 0 Å². The summed E-state index contributed by atoms with van der Waals surface area (Å²) in [7, 11) is 1.88. The smallest absolute Gasteiger partial charge is 0.0974 e. The third-order valence-electron chi connectivity index (χ3n) is 1.83. The van der Waals surface area contributed by atoms with Crippen LogP contribution in [0.2, 0.25) is 0 Å². The van der Waals surface area contributed by atoms with Crippen LogP contribution in [-0.4, -0.2) is 24.8 Å². The Labute approximate surface area is 86.3 Å². The molecule has 2 aromatic rings. The first-order chi connectivity index (χ1) is 6.78. The molecule has 5 nitrogen and oxygen atoms in total. The average Bonchev–Trinajstić information content (AvgIpc) is 2.76. The summed E-state index contributed by atoms with van der Waals surface area (Å²) in [6.07, 6.45) is 5.59. The van der Waals surface area contributed by atoms with Crippen LogP contribution in [0.15, 0.2) is 18.6 Å². The molecule has 0 aliphatic rings. The third-order valence-corrected chi connectivity index (χ3v) is 2.10. The molecule has 2 heterocycles. The summed E-state index contributed by atoms with van der Waals surface area (Å²) in [5.74, 6) is 0.396. The Morgan fingerprint density at radius 3 is 2.86 bits per heavy atom. The van der Waals surface area contributed by atoms with Gasteiger partial charge in [-0.05, 0) is 0 Å². The van der Waals surface area contributed by atoms with Gasteiger partial charge in [0.2, 0.25) is 0 Å². The second kappa shape index (κ2) is 3.79. The lowest BCUT2D eigenvalue weighted by molar-refractivity contribution is 0.648. The Kier molecular flexibility index (Phi) is 2.49. The van der Waals surface area contributed by atoms with Crippen LogP contribution in [0.5, 0.6) is 0 Å². The largest absolute Gasteiger partial charge is 0.275 e. The van der Waals surface area contributed by atoms with Gasteiger partial charge in [-0.2, -0.15) is 5.10 Å². The first-order valence-corrected chi connectivity index (χ1v) is 4.74. The van der Waals surface area contributed by atoms with Gasteiger partial charge in [0.25, 0.3) is 0 Å². The van der Waals surface area contributed by atoms with E-state index in [-0.39, 0.29) is 0 Å². The Morgan fingerprint density at radius 1 is 1.43 bits per heavy atom. The highest BCUT2D eigenvalue weighted by Crippen LogP contribution is 2.02. The Balaban J connectivity index is 2.10. The summed E-state index contributed by atoms with van der Waals surface area (Å²) in [5, 5.41) is 11.9. The van der Waals surface area contributed by atoms with Crippen molar-refractivity contribution in [3.63, 3.8) is 0 Å². The highest BCUT2D eigenvalue weighted by atomic mass is 35.5. The molecule has 0 radical (unpaired) electrons. The number of nitrogens with zero attached hydrogens (tertiary/aromatic N) is 5. The lowest BCUT2D eigenvalue weighted by atomic mass is 10.4. The van der Waals surface area contributed by atoms with E-state index in [9.17, 15) is 0 Å². The number of alkyl halides is 1. The second-order valence-corrected chi connectivity index (χ2v) is 3.33. The molecule has 0 bridgehead atoms. The average molecular weight is 212 g/mol. The van der Waals surface area contributed by atoms with Gasteiger partial charge in [-0.15, -0.1) is 16.7 Å². The number of hydrogen-bond donors (Lipinski definition) is 0. The molecule has 0 atom stereocenters. The summed E-state index contributed by atoms with van der Waals surface area (Å²) in [6, 6.07) is 0. The Hall–Kier alpha value is -1.36. The van der Waals surface area contributed by atoms with Crippen molar-refractivity contribution in [3.8, 4) is 0 Å². The lowest BCUT2D eigenvalue weighted by Crippen LogP contribution is -1.99. The normalized spacial score (nSPS) is 10.7. The molecule has 0 aromatic carbocycles. The minimum atomic E-state index is 0.396. The highest BCUT2D eigenvalue weighted by Gasteiger charge is 2.01. The molecule has 0 aliphatic heterocycles. The predicted molar refractivity (Wildman–Crippen MR) is 51.9 cm³/mol. The van der Waals surface area contributed by atoms with Crippen molar-refractivity contribution in [1.82, 2.24) is 24.8 Å². The number of aryl methyl sites for hydroxylation is 1. The SMILES string of the molecule is Cn1cc(Cn2cc(CCl)nn2)cn1. The minimum Gasteiger partial charge on any atom is -0.275 e. The number of aromatic nitrogens is 5. The fraction of sp³-hybridized carbons (Fsp3) is 0.375. The molecular formula is C8H10ClN5. The van der Waals surface area contributed by atoms with Crippen molar-refractivity contribution in [3.05, 3.63) is 29.8 Å². The maximum absolute atomic E-state index is 5.62. The van der Waals surface area contributed by atoms with E-state index in [1.54, 1.807) is 9.36 Å². The molecule has 0 amide bonds. The Morgan fingerprint density at radius 2 is 2.29 bits per heavy atom. The van der Waals surface area contributed by atoms with Crippen LogP contribution < -0.4 is 0 Å². The maximum Gasteiger partial charge on any atom is 0.0974 e.